The largest absolute Gasteiger partial charge is 0.454 e. The Morgan fingerprint density at radius 2 is 2.00 bits per heavy atom. The smallest absolute Gasteiger partial charge is 0.405 e. The van der Waals surface area contributed by atoms with E-state index in [1.54, 1.807) is 23.5 Å². The summed E-state index contributed by atoms with van der Waals surface area (Å²) in [6.45, 7) is -2.14. The first-order chi connectivity index (χ1) is 10.8. The van der Waals surface area contributed by atoms with Gasteiger partial charge in [0, 0.05) is 6.08 Å². The minimum absolute atomic E-state index is 0.123. The van der Waals surface area contributed by atoms with Crippen LogP contribution >= 0.6 is 0 Å². The Hall–Kier alpha value is -2.71. The van der Waals surface area contributed by atoms with Crippen LogP contribution in [0.25, 0.3) is 6.08 Å². The summed E-state index contributed by atoms with van der Waals surface area (Å²) in [7, 11) is 0. The molecule has 2 rings (SSSR count). The zero-order chi connectivity index (χ0) is 16.9. The van der Waals surface area contributed by atoms with E-state index in [0.717, 1.165) is 6.08 Å². The van der Waals surface area contributed by atoms with Crippen molar-refractivity contribution in [1.82, 2.24) is 5.32 Å². The quantitative estimate of drug-likeness (QED) is 0.656. The van der Waals surface area contributed by atoms with Crippen molar-refractivity contribution in [3.8, 4) is 11.5 Å². The van der Waals surface area contributed by atoms with Gasteiger partial charge < -0.3 is 19.5 Å². The molecule has 23 heavy (non-hydrogen) atoms. The van der Waals surface area contributed by atoms with E-state index in [1.165, 1.54) is 6.08 Å². The molecular weight excluding hydrogens is 319 g/mol. The van der Waals surface area contributed by atoms with Crippen LogP contribution in [-0.2, 0) is 14.3 Å². The molecule has 1 amide bonds. The summed E-state index contributed by atoms with van der Waals surface area (Å²) in [6, 6.07) is 4.98. The van der Waals surface area contributed by atoms with Gasteiger partial charge in [0.2, 0.25) is 6.79 Å². The number of rotatable bonds is 5. The van der Waals surface area contributed by atoms with Gasteiger partial charge >= 0.3 is 12.1 Å². The highest BCUT2D eigenvalue weighted by Crippen LogP contribution is 2.32. The van der Waals surface area contributed by atoms with Crippen molar-refractivity contribution in [1.29, 1.82) is 0 Å². The monoisotopic (exact) mass is 331 g/mol. The van der Waals surface area contributed by atoms with E-state index in [0.29, 0.717) is 17.1 Å². The third-order valence-corrected chi connectivity index (χ3v) is 2.64. The van der Waals surface area contributed by atoms with Crippen LogP contribution in [0.5, 0.6) is 11.5 Å². The lowest BCUT2D eigenvalue weighted by molar-refractivity contribution is -0.148. The minimum atomic E-state index is -4.51. The van der Waals surface area contributed by atoms with Crippen molar-refractivity contribution in [2.75, 3.05) is 19.9 Å². The molecule has 9 heteroatoms. The van der Waals surface area contributed by atoms with Crippen molar-refractivity contribution >= 4 is 18.0 Å². The highest BCUT2D eigenvalue weighted by atomic mass is 19.4. The number of hydrogen-bond donors (Lipinski definition) is 1. The molecule has 0 radical (unpaired) electrons. The number of carbonyl (C=O) groups excluding carboxylic acids is 2. The first-order valence-electron chi connectivity index (χ1n) is 6.41. The zero-order valence-corrected chi connectivity index (χ0v) is 11.7. The molecule has 1 aromatic rings. The Morgan fingerprint density at radius 1 is 1.26 bits per heavy atom. The second-order valence-corrected chi connectivity index (χ2v) is 4.45. The summed E-state index contributed by atoms with van der Waals surface area (Å²) in [5, 5.41) is 1.58. The first-order valence-corrected chi connectivity index (χ1v) is 6.41. The van der Waals surface area contributed by atoms with E-state index in [4.69, 9.17) is 9.47 Å². The van der Waals surface area contributed by atoms with E-state index in [-0.39, 0.29) is 6.79 Å². The van der Waals surface area contributed by atoms with Crippen molar-refractivity contribution < 1.29 is 37.0 Å². The second-order valence-electron chi connectivity index (χ2n) is 4.45. The number of amides is 1. The van der Waals surface area contributed by atoms with Gasteiger partial charge in [-0.1, -0.05) is 6.07 Å². The lowest BCUT2D eigenvalue weighted by Gasteiger charge is -2.07. The van der Waals surface area contributed by atoms with Gasteiger partial charge in [0.25, 0.3) is 5.91 Å². The molecule has 124 valence electrons. The summed E-state index contributed by atoms with van der Waals surface area (Å²) < 4.78 is 50.4. The molecule has 0 aliphatic carbocycles. The van der Waals surface area contributed by atoms with Gasteiger partial charge in [0.1, 0.15) is 6.54 Å². The fourth-order valence-corrected chi connectivity index (χ4v) is 1.62. The molecule has 1 aromatic carbocycles. The minimum Gasteiger partial charge on any atom is -0.454 e. The molecule has 0 saturated carbocycles. The number of alkyl halides is 3. The Balaban J connectivity index is 1.77. The van der Waals surface area contributed by atoms with Gasteiger partial charge in [-0.05, 0) is 23.8 Å². The highest BCUT2D eigenvalue weighted by Gasteiger charge is 2.27. The average Bonchev–Trinajstić information content (AvgIpc) is 2.95. The van der Waals surface area contributed by atoms with E-state index in [9.17, 15) is 22.8 Å². The van der Waals surface area contributed by atoms with Crippen molar-refractivity contribution in [2.24, 2.45) is 0 Å². The van der Waals surface area contributed by atoms with Crippen molar-refractivity contribution in [3.05, 3.63) is 29.8 Å². The molecule has 0 spiro atoms. The van der Waals surface area contributed by atoms with Crippen molar-refractivity contribution in [3.63, 3.8) is 0 Å². The molecule has 0 bridgehead atoms. The van der Waals surface area contributed by atoms with Gasteiger partial charge in [0.05, 0.1) is 0 Å². The Bertz CT molecular complexity index is 627. The number of carbonyl (C=O) groups is 2. The van der Waals surface area contributed by atoms with Crippen LogP contribution in [-0.4, -0.2) is 38.0 Å². The number of nitrogens with one attached hydrogen (secondary N) is 1. The van der Waals surface area contributed by atoms with Crippen LogP contribution in [0.15, 0.2) is 24.3 Å². The van der Waals surface area contributed by atoms with Gasteiger partial charge in [-0.25, -0.2) is 4.79 Å². The molecule has 1 aliphatic heterocycles. The predicted molar refractivity (Wildman–Crippen MR) is 71.6 cm³/mol. The molecule has 1 N–H and O–H groups in total. The maximum absolute atomic E-state index is 11.9. The van der Waals surface area contributed by atoms with Crippen LogP contribution in [0.1, 0.15) is 5.56 Å². The lowest BCUT2D eigenvalue weighted by Crippen LogP contribution is -2.36. The molecular formula is C14H12F3NO5. The summed E-state index contributed by atoms with van der Waals surface area (Å²) in [5.41, 5.74) is 0.632. The zero-order valence-electron chi connectivity index (χ0n) is 11.7. The van der Waals surface area contributed by atoms with Crippen LogP contribution in [0.4, 0.5) is 13.2 Å². The first kappa shape index (κ1) is 16.7. The van der Waals surface area contributed by atoms with Crippen LogP contribution < -0.4 is 14.8 Å². The molecule has 1 aliphatic rings. The molecule has 1 heterocycles. The summed E-state index contributed by atoms with van der Waals surface area (Å²) in [5.74, 6) is -0.768. The number of halogens is 3. The Labute approximate surface area is 128 Å². The van der Waals surface area contributed by atoms with Gasteiger partial charge in [-0.15, -0.1) is 0 Å². The fourth-order valence-electron chi connectivity index (χ4n) is 1.62. The van der Waals surface area contributed by atoms with Crippen LogP contribution in [0.3, 0.4) is 0 Å². The second kappa shape index (κ2) is 7.03. The van der Waals surface area contributed by atoms with E-state index >= 15 is 0 Å². The van der Waals surface area contributed by atoms with E-state index in [2.05, 4.69) is 4.74 Å². The summed E-state index contributed by atoms with van der Waals surface area (Å²) in [4.78, 5) is 22.4. The van der Waals surface area contributed by atoms with Crippen LogP contribution in [0, 0.1) is 0 Å². The number of hydrogen-bond acceptors (Lipinski definition) is 5. The van der Waals surface area contributed by atoms with E-state index in [1.807, 2.05) is 0 Å². The molecule has 0 saturated heterocycles. The molecule has 6 nitrogen and oxygen atoms in total. The molecule has 0 fully saturated rings. The van der Waals surface area contributed by atoms with Gasteiger partial charge in [0.15, 0.2) is 18.1 Å². The molecule has 0 unspecified atom stereocenters. The summed E-state index contributed by atoms with van der Waals surface area (Å²) >= 11 is 0. The maximum Gasteiger partial charge on any atom is 0.405 e. The lowest BCUT2D eigenvalue weighted by atomic mass is 10.2. The Morgan fingerprint density at radius 3 is 2.74 bits per heavy atom. The normalized spacial score (nSPS) is 13.2. The predicted octanol–water partition coefficient (Wildman–Crippen LogP) is 1.65. The van der Waals surface area contributed by atoms with Gasteiger partial charge in [-0.3, -0.25) is 4.79 Å². The number of benzene rings is 1. The van der Waals surface area contributed by atoms with Crippen LogP contribution in [0.2, 0.25) is 0 Å². The summed E-state index contributed by atoms with van der Waals surface area (Å²) in [6.07, 6.45) is -2.05. The molecule has 0 aromatic heterocycles. The van der Waals surface area contributed by atoms with Crippen molar-refractivity contribution in [2.45, 2.75) is 6.18 Å². The third kappa shape index (κ3) is 5.53. The highest BCUT2D eigenvalue weighted by molar-refractivity contribution is 5.89. The average molecular weight is 331 g/mol. The molecule has 0 atom stereocenters. The SMILES string of the molecule is O=C(COC(=O)/C=C/c1ccc2c(c1)OCO2)NCC(F)(F)F. The standard InChI is InChI=1S/C14H12F3NO5/c15-14(16,17)7-18-12(19)6-21-13(20)4-2-9-1-3-10-11(5-9)23-8-22-10/h1-5H,6-8H2,(H,18,19)/b4-2+. The topological polar surface area (TPSA) is 73.9 Å². The number of fused-ring (bicyclic) bond motifs is 1. The number of ether oxygens (including phenoxy) is 3. The maximum atomic E-state index is 11.9. The van der Waals surface area contributed by atoms with E-state index < -0.39 is 31.2 Å². The van der Waals surface area contributed by atoms with Gasteiger partial charge in [-0.2, -0.15) is 13.2 Å². The fraction of sp³-hybridized carbons (Fsp3) is 0.286. The third-order valence-electron chi connectivity index (χ3n) is 2.64. The Kier molecular flexibility index (Phi) is 5.09. The number of esters is 1.